The van der Waals surface area contributed by atoms with Crippen molar-refractivity contribution in [3.05, 3.63) is 22.3 Å². The van der Waals surface area contributed by atoms with Gasteiger partial charge in [-0.3, -0.25) is 9.59 Å². The lowest BCUT2D eigenvalue weighted by molar-refractivity contribution is -0.156. The number of rotatable bonds is 0. The molecule has 0 bridgehead atoms. The maximum Gasteiger partial charge on any atom is 0.229 e. The van der Waals surface area contributed by atoms with Crippen LogP contribution in [0.2, 0.25) is 0 Å². The molecule has 2 aliphatic rings. The third-order valence-electron chi connectivity index (χ3n) is 4.74. The predicted molar refractivity (Wildman–Crippen MR) is 66.4 cm³/mol. The van der Waals surface area contributed by atoms with Crippen molar-refractivity contribution in [3.63, 3.8) is 0 Å². The van der Waals surface area contributed by atoms with Crippen LogP contribution in [-0.4, -0.2) is 17.2 Å². The number of nitrogens with one attached hydrogen (secondary N) is 1. The molecule has 92 valence electrons. The maximum atomic E-state index is 12.6. The van der Waals surface area contributed by atoms with Crippen molar-refractivity contribution >= 4 is 11.7 Å². The quantitative estimate of drug-likeness (QED) is 0.651. The van der Waals surface area contributed by atoms with Crippen molar-refractivity contribution in [1.29, 1.82) is 0 Å². The molecule has 2 rings (SSSR count). The molecule has 0 radical (unpaired) electrons. The van der Waals surface area contributed by atoms with Gasteiger partial charge >= 0.3 is 0 Å². The molecule has 1 aliphatic carbocycles. The Morgan fingerprint density at radius 3 is 1.82 bits per heavy atom. The molecule has 0 aromatic carbocycles. The van der Waals surface area contributed by atoms with E-state index in [0.29, 0.717) is 0 Å². The summed E-state index contributed by atoms with van der Waals surface area (Å²) >= 11 is 0. The van der Waals surface area contributed by atoms with Crippen molar-refractivity contribution < 1.29 is 9.59 Å². The first-order chi connectivity index (χ1) is 7.68. The number of amides is 1. The first kappa shape index (κ1) is 12.1. The first-order valence-corrected chi connectivity index (χ1v) is 5.91. The molecule has 1 atom stereocenters. The molecule has 1 aliphatic heterocycles. The molecule has 3 heteroatoms. The topological polar surface area (TPSA) is 46.2 Å². The number of allylic oxidation sites excluding steroid dienone is 2. The average Bonchev–Trinajstić information content (AvgIpc) is 2.29. The number of hydrogen-bond acceptors (Lipinski definition) is 2. The summed E-state index contributed by atoms with van der Waals surface area (Å²) in [5.74, 6) is -0.00643. The van der Waals surface area contributed by atoms with Gasteiger partial charge in [0.05, 0.1) is 5.41 Å². The maximum absolute atomic E-state index is 12.6. The Kier molecular flexibility index (Phi) is 2.20. The van der Waals surface area contributed by atoms with Crippen molar-refractivity contribution in [2.24, 2.45) is 5.41 Å². The van der Waals surface area contributed by atoms with E-state index in [1.807, 2.05) is 41.5 Å². The van der Waals surface area contributed by atoms with Gasteiger partial charge in [0.15, 0.2) is 5.78 Å². The molecule has 1 amide bonds. The van der Waals surface area contributed by atoms with Gasteiger partial charge in [0.25, 0.3) is 0 Å². The number of Topliss-reactive ketones (excluding diaryl/α,β-unsaturated/α-hetero) is 1. The van der Waals surface area contributed by atoms with Crippen LogP contribution in [-0.2, 0) is 9.59 Å². The van der Waals surface area contributed by atoms with E-state index in [0.717, 1.165) is 22.3 Å². The normalized spacial score (nSPS) is 31.9. The highest BCUT2D eigenvalue weighted by Crippen LogP contribution is 2.50. The van der Waals surface area contributed by atoms with Gasteiger partial charge in [0.1, 0.15) is 5.54 Å². The van der Waals surface area contributed by atoms with E-state index < -0.39 is 11.0 Å². The van der Waals surface area contributed by atoms with Crippen LogP contribution < -0.4 is 5.32 Å². The number of hydrogen-bond donors (Lipinski definition) is 1. The summed E-state index contributed by atoms with van der Waals surface area (Å²) in [4.78, 5) is 24.3. The van der Waals surface area contributed by atoms with Crippen LogP contribution in [0, 0.1) is 5.41 Å². The Hall–Kier alpha value is -1.38. The summed E-state index contributed by atoms with van der Waals surface area (Å²) in [5, 5.41) is 2.85. The highest BCUT2D eigenvalue weighted by atomic mass is 16.2. The molecule has 0 saturated carbocycles. The first-order valence-electron chi connectivity index (χ1n) is 5.91. The van der Waals surface area contributed by atoms with E-state index in [1.165, 1.54) is 0 Å². The highest BCUT2D eigenvalue weighted by Gasteiger charge is 2.66. The molecule has 1 heterocycles. The van der Waals surface area contributed by atoms with Crippen LogP contribution in [0.4, 0.5) is 0 Å². The van der Waals surface area contributed by atoms with Gasteiger partial charge in [0, 0.05) is 0 Å². The van der Waals surface area contributed by atoms with Gasteiger partial charge in [-0.2, -0.15) is 0 Å². The van der Waals surface area contributed by atoms with Crippen LogP contribution in [0.25, 0.3) is 0 Å². The van der Waals surface area contributed by atoms with Crippen LogP contribution in [0.1, 0.15) is 41.5 Å². The van der Waals surface area contributed by atoms with Gasteiger partial charge in [-0.05, 0) is 63.8 Å². The lowest BCUT2D eigenvalue weighted by Gasteiger charge is -2.56. The number of carbonyl (C=O) groups is 2. The SMILES string of the molecule is CC1=C(C)C(C)=C(C)C2(NC(=O)C2(C)C)C1=O. The van der Waals surface area contributed by atoms with E-state index in [-0.39, 0.29) is 11.7 Å². The predicted octanol–water partition coefficient (Wildman–Crippen LogP) is 2.14. The van der Waals surface area contributed by atoms with E-state index in [1.54, 1.807) is 0 Å². The van der Waals surface area contributed by atoms with Crippen molar-refractivity contribution in [3.8, 4) is 0 Å². The molecule has 3 nitrogen and oxygen atoms in total. The minimum atomic E-state index is -0.808. The molecule has 1 fully saturated rings. The molecule has 17 heavy (non-hydrogen) atoms. The Balaban J connectivity index is 2.68. The second-order valence-electron chi connectivity index (χ2n) is 5.66. The summed E-state index contributed by atoms with van der Waals surface area (Å²) in [6.07, 6.45) is 0. The van der Waals surface area contributed by atoms with Crippen LogP contribution >= 0.6 is 0 Å². The average molecular weight is 233 g/mol. The smallest absolute Gasteiger partial charge is 0.229 e. The Morgan fingerprint density at radius 1 is 0.882 bits per heavy atom. The second kappa shape index (κ2) is 3.09. The highest BCUT2D eigenvalue weighted by molar-refractivity contribution is 6.17. The summed E-state index contributed by atoms with van der Waals surface area (Å²) in [6, 6.07) is 0. The van der Waals surface area contributed by atoms with Gasteiger partial charge in [-0.25, -0.2) is 0 Å². The van der Waals surface area contributed by atoms with Gasteiger partial charge in [0.2, 0.25) is 5.91 Å². The van der Waals surface area contributed by atoms with Crippen molar-refractivity contribution in [2.75, 3.05) is 0 Å². The Bertz CT molecular complexity index is 508. The summed E-state index contributed by atoms with van der Waals surface area (Å²) in [6.45, 7) is 11.5. The fraction of sp³-hybridized carbons (Fsp3) is 0.571. The molecule has 1 saturated heterocycles. The monoisotopic (exact) mass is 233 g/mol. The molecular weight excluding hydrogens is 214 g/mol. The standard InChI is InChI=1S/C14H19NO2/c1-7-8(2)10(4)14(11(16)9(7)3)13(5,6)12(17)15-14/h1-6H3,(H,15,17). The molecule has 1 spiro atoms. The Labute approximate surface area is 102 Å². The van der Waals surface area contributed by atoms with Gasteiger partial charge < -0.3 is 5.32 Å². The van der Waals surface area contributed by atoms with E-state index in [9.17, 15) is 9.59 Å². The van der Waals surface area contributed by atoms with Gasteiger partial charge in [-0.1, -0.05) is 0 Å². The van der Waals surface area contributed by atoms with Crippen LogP contribution in [0.5, 0.6) is 0 Å². The zero-order valence-corrected chi connectivity index (χ0v) is 11.3. The zero-order chi connectivity index (χ0) is 13.2. The summed E-state index contributed by atoms with van der Waals surface area (Å²) < 4.78 is 0. The fourth-order valence-corrected chi connectivity index (χ4v) is 2.96. The Morgan fingerprint density at radius 2 is 1.41 bits per heavy atom. The van der Waals surface area contributed by atoms with E-state index in [4.69, 9.17) is 0 Å². The lowest BCUT2D eigenvalue weighted by atomic mass is 9.55. The third kappa shape index (κ3) is 1.07. The number of ketones is 1. The fourth-order valence-electron chi connectivity index (χ4n) is 2.96. The minimum absolute atomic E-state index is 0.0442. The molecule has 1 N–H and O–H groups in total. The largest absolute Gasteiger partial charge is 0.338 e. The van der Waals surface area contributed by atoms with Crippen LogP contribution in [0.15, 0.2) is 22.3 Å². The summed E-state index contributed by atoms with van der Waals surface area (Å²) in [5.41, 5.74) is 2.44. The van der Waals surface area contributed by atoms with E-state index in [2.05, 4.69) is 5.32 Å². The van der Waals surface area contributed by atoms with Crippen molar-refractivity contribution in [2.45, 2.75) is 47.1 Å². The van der Waals surface area contributed by atoms with Crippen LogP contribution in [0.3, 0.4) is 0 Å². The third-order valence-corrected chi connectivity index (χ3v) is 4.74. The molecule has 0 aromatic rings. The molecular formula is C14H19NO2. The lowest BCUT2D eigenvalue weighted by Crippen LogP contribution is -2.79. The summed E-state index contributed by atoms with van der Waals surface area (Å²) in [7, 11) is 0. The number of carbonyl (C=O) groups excluding carboxylic acids is 2. The second-order valence-corrected chi connectivity index (χ2v) is 5.66. The van der Waals surface area contributed by atoms with Crippen molar-refractivity contribution in [1.82, 2.24) is 5.32 Å². The van der Waals surface area contributed by atoms with E-state index >= 15 is 0 Å². The molecule has 0 aromatic heterocycles. The zero-order valence-electron chi connectivity index (χ0n) is 11.3. The molecule has 1 unspecified atom stereocenters. The van der Waals surface area contributed by atoms with Gasteiger partial charge in [-0.15, -0.1) is 0 Å². The minimum Gasteiger partial charge on any atom is -0.338 e. The number of β-lactam (4-membered cyclic amide) rings is 1.